The Bertz CT molecular complexity index is 417. The van der Waals surface area contributed by atoms with E-state index < -0.39 is 0 Å². The lowest BCUT2D eigenvalue weighted by Crippen LogP contribution is -2.15. The molecule has 0 saturated heterocycles. The van der Waals surface area contributed by atoms with Crippen LogP contribution in [0.15, 0.2) is 0 Å². The minimum Gasteiger partial charge on any atom is -0.379 e. The lowest BCUT2D eigenvalue weighted by Gasteiger charge is -2.09. The van der Waals surface area contributed by atoms with Crippen LogP contribution in [0.5, 0.6) is 0 Å². The van der Waals surface area contributed by atoms with Crippen LogP contribution in [0, 0.1) is 0 Å². The minimum absolute atomic E-state index is 0.543. The first-order valence-corrected chi connectivity index (χ1v) is 17.1. The first-order valence-electron chi connectivity index (χ1n) is 17.1. The highest BCUT2D eigenvalue weighted by Crippen LogP contribution is 2.10. The summed E-state index contributed by atoms with van der Waals surface area (Å²) in [5, 5.41) is 0. The topological polar surface area (TPSA) is 83.1 Å². The van der Waals surface area contributed by atoms with Gasteiger partial charge in [0.1, 0.15) is 0 Å². The molecule has 42 heavy (non-hydrogen) atoms. The molecule has 0 rings (SSSR count). The summed E-state index contributed by atoms with van der Waals surface area (Å²) in [5.41, 5.74) is 0. The van der Waals surface area contributed by atoms with Crippen molar-refractivity contribution in [3.05, 3.63) is 0 Å². The first-order chi connectivity index (χ1) is 20.9. The number of ether oxygens (including phenoxy) is 9. The predicted octanol–water partition coefficient (Wildman–Crippen LogP) is 6.25. The molecule has 9 heteroatoms. The standard InChI is InChI=1S/C33H68O9/c1-3-5-7-8-9-10-11-12-13-15-17-35-19-21-37-23-25-39-27-29-41-31-33-42-32-30-40-28-26-38-24-22-36-20-18-34-16-14-6-4-2/h3-33H2,1-2H3. The van der Waals surface area contributed by atoms with Crippen LogP contribution in [0.1, 0.15) is 97.3 Å². The van der Waals surface area contributed by atoms with Crippen molar-refractivity contribution >= 4 is 0 Å². The highest BCUT2D eigenvalue weighted by Gasteiger charge is 1.97. The van der Waals surface area contributed by atoms with E-state index >= 15 is 0 Å². The summed E-state index contributed by atoms with van der Waals surface area (Å²) in [6, 6.07) is 0. The van der Waals surface area contributed by atoms with E-state index in [0.29, 0.717) is 106 Å². The molecule has 0 bridgehead atoms. The largest absolute Gasteiger partial charge is 0.379 e. The van der Waals surface area contributed by atoms with Gasteiger partial charge in [0.25, 0.3) is 0 Å². The zero-order valence-corrected chi connectivity index (χ0v) is 27.6. The van der Waals surface area contributed by atoms with Crippen LogP contribution < -0.4 is 0 Å². The van der Waals surface area contributed by atoms with Crippen LogP contribution >= 0.6 is 0 Å². The molecule has 0 aliphatic carbocycles. The summed E-state index contributed by atoms with van der Waals surface area (Å²) in [7, 11) is 0. The van der Waals surface area contributed by atoms with E-state index in [4.69, 9.17) is 42.6 Å². The molecule has 0 aromatic rings. The van der Waals surface area contributed by atoms with E-state index in [1.165, 1.54) is 70.6 Å². The predicted molar refractivity (Wildman–Crippen MR) is 169 cm³/mol. The second-order valence-corrected chi connectivity index (χ2v) is 10.4. The van der Waals surface area contributed by atoms with Crippen molar-refractivity contribution in [2.45, 2.75) is 97.3 Å². The summed E-state index contributed by atoms with van der Waals surface area (Å²) in [6.07, 6.45) is 17.0. The van der Waals surface area contributed by atoms with Gasteiger partial charge in [-0.15, -0.1) is 0 Å². The van der Waals surface area contributed by atoms with Crippen molar-refractivity contribution in [1.82, 2.24) is 0 Å². The number of hydrogen-bond donors (Lipinski definition) is 0. The third-order valence-electron chi connectivity index (χ3n) is 6.51. The molecule has 0 amide bonds. The van der Waals surface area contributed by atoms with Crippen molar-refractivity contribution in [3.8, 4) is 0 Å². The molecule has 0 spiro atoms. The second-order valence-electron chi connectivity index (χ2n) is 10.4. The first kappa shape index (κ1) is 41.6. The monoisotopic (exact) mass is 608 g/mol. The fourth-order valence-corrected chi connectivity index (χ4v) is 4.01. The van der Waals surface area contributed by atoms with E-state index in [0.717, 1.165) is 26.1 Å². The van der Waals surface area contributed by atoms with Gasteiger partial charge in [-0.3, -0.25) is 0 Å². The van der Waals surface area contributed by atoms with Gasteiger partial charge in [-0.2, -0.15) is 0 Å². The third kappa shape index (κ3) is 39.6. The van der Waals surface area contributed by atoms with Gasteiger partial charge in [0, 0.05) is 13.2 Å². The van der Waals surface area contributed by atoms with Crippen molar-refractivity contribution < 1.29 is 42.6 Å². The summed E-state index contributed by atoms with van der Waals surface area (Å²) in [5.74, 6) is 0. The highest BCUT2D eigenvalue weighted by molar-refractivity contribution is 4.47. The van der Waals surface area contributed by atoms with Gasteiger partial charge in [0.05, 0.1) is 106 Å². The van der Waals surface area contributed by atoms with Gasteiger partial charge >= 0.3 is 0 Å². The quantitative estimate of drug-likeness (QED) is 0.0753. The van der Waals surface area contributed by atoms with E-state index in [-0.39, 0.29) is 0 Å². The average Bonchev–Trinajstić information content (AvgIpc) is 3.00. The molecule has 0 heterocycles. The molecule has 0 aromatic carbocycles. The molecule has 0 N–H and O–H groups in total. The molecule has 0 unspecified atom stereocenters. The second kappa shape index (κ2) is 40.6. The maximum atomic E-state index is 5.64. The normalized spacial score (nSPS) is 11.6. The summed E-state index contributed by atoms with van der Waals surface area (Å²) >= 11 is 0. The SMILES string of the molecule is CCCCCCCCCCCCOCCOCCOCCOCCOCCOCCOCCOCCOCCCCC. The Hall–Kier alpha value is -0.360. The van der Waals surface area contributed by atoms with E-state index in [1.807, 2.05) is 0 Å². The van der Waals surface area contributed by atoms with Crippen LogP contribution in [-0.2, 0) is 42.6 Å². The van der Waals surface area contributed by atoms with Crippen molar-refractivity contribution in [2.24, 2.45) is 0 Å². The van der Waals surface area contributed by atoms with Gasteiger partial charge in [-0.05, 0) is 12.8 Å². The molecule has 9 nitrogen and oxygen atoms in total. The maximum absolute atomic E-state index is 5.64. The molecule has 0 fully saturated rings. The molecule has 0 aromatic heterocycles. The van der Waals surface area contributed by atoms with Crippen LogP contribution in [0.3, 0.4) is 0 Å². The molecule has 0 radical (unpaired) electrons. The lowest BCUT2D eigenvalue weighted by atomic mass is 10.1. The maximum Gasteiger partial charge on any atom is 0.0701 e. The zero-order valence-electron chi connectivity index (χ0n) is 27.6. The Morgan fingerprint density at radius 2 is 0.357 bits per heavy atom. The summed E-state index contributed by atoms with van der Waals surface area (Å²) < 4.78 is 49.6. The highest BCUT2D eigenvalue weighted by atomic mass is 16.6. The summed E-state index contributed by atoms with van der Waals surface area (Å²) in [4.78, 5) is 0. The number of unbranched alkanes of at least 4 members (excludes halogenated alkanes) is 11. The average molecular weight is 609 g/mol. The number of hydrogen-bond acceptors (Lipinski definition) is 9. The van der Waals surface area contributed by atoms with Crippen LogP contribution in [0.4, 0.5) is 0 Å². The van der Waals surface area contributed by atoms with Crippen molar-refractivity contribution in [3.63, 3.8) is 0 Å². The van der Waals surface area contributed by atoms with Gasteiger partial charge in [-0.25, -0.2) is 0 Å². The molecule has 0 aliphatic heterocycles. The van der Waals surface area contributed by atoms with Crippen LogP contribution in [0.2, 0.25) is 0 Å². The fourth-order valence-electron chi connectivity index (χ4n) is 4.01. The third-order valence-corrected chi connectivity index (χ3v) is 6.51. The van der Waals surface area contributed by atoms with E-state index in [9.17, 15) is 0 Å². The Kier molecular flexibility index (Phi) is 40.3. The van der Waals surface area contributed by atoms with E-state index in [2.05, 4.69) is 13.8 Å². The molecule has 0 atom stereocenters. The number of rotatable bonds is 39. The van der Waals surface area contributed by atoms with Gasteiger partial charge in [0.15, 0.2) is 0 Å². The van der Waals surface area contributed by atoms with Gasteiger partial charge in [0.2, 0.25) is 0 Å². The Morgan fingerprint density at radius 1 is 0.190 bits per heavy atom. The van der Waals surface area contributed by atoms with E-state index in [1.54, 1.807) is 0 Å². The van der Waals surface area contributed by atoms with Crippen LogP contribution in [0.25, 0.3) is 0 Å². The Balaban J connectivity index is 3.02. The van der Waals surface area contributed by atoms with Crippen molar-refractivity contribution in [2.75, 3.05) is 119 Å². The molecule has 0 aliphatic rings. The van der Waals surface area contributed by atoms with Gasteiger partial charge < -0.3 is 42.6 Å². The fraction of sp³-hybridized carbons (Fsp3) is 1.00. The smallest absolute Gasteiger partial charge is 0.0701 e. The molecular formula is C33H68O9. The Morgan fingerprint density at radius 3 is 0.619 bits per heavy atom. The zero-order chi connectivity index (χ0) is 30.3. The van der Waals surface area contributed by atoms with Crippen LogP contribution in [-0.4, -0.2) is 119 Å². The Labute approximate surface area is 258 Å². The lowest BCUT2D eigenvalue weighted by molar-refractivity contribution is -0.0250. The molecule has 0 saturated carbocycles. The van der Waals surface area contributed by atoms with Gasteiger partial charge in [-0.1, -0.05) is 84.5 Å². The molecule has 254 valence electrons. The van der Waals surface area contributed by atoms with Crippen molar-refractivity contribution in [1.29, 1.82) is 0 Å². The minimum atomic E-state index is 0.543. The molecular weight excluding hydrogens is 540 g/mol. The summed E-state index contributed by atoms with van der Waals surface area (Å²) in [6.45, 7) is 15.3.